The molecule has 0 aliphatic rings. The molecule has 0 heterocycles. The Morgan fingerprint density at radius 1 is 1.18 bits per heavy atom. The van der Waals surface area contributed by atoms with Gasteiger partial charge in [0.25, 0.3) is 5.91 Å². The number of anilines is 1. The average Bonchev–Trinajstić information content (AvgIpc) is 2.55. The zero-order valence-corrected chi connectivity index (χ0v) is 12.7. The van der Waals surface area contributed by atoms with E-state index in [0.29, 0.717) is 5.75 Å². The first kappa shape index (κ1) is 15.6. The molecule has 2 aromatic rings. The molecule has 2 N–H and O–H groups in total. The molecule has 1 amide bonds. The van der Waals surface area contributed by atoms with E-state index in [0.717, 1.165) is 11.3 Å². The molecule has 0 aliphatic carbocycles. The van der Waals surface area contributed by atoms with Crippen molar-refractivity contribution in [2.75, 3.05) is 19.0 Å². The lowest BCUT2D eigenvalue weighted by Gasteiger charge is -2.06. The first-order chi connectivity index (χ1) is 10.7. The van der Waals surface area contributed by atoms with E-state index < -0.39 is 0 Å². The van der Waals surface area contributed by atoms with Crippen molar-refractivity contribution in [2.24, 2.45) is 5.10 Å². The fraction of sp³-hybridized carbons (Fsp3) is 0.176. The fourth-order valence-electron chi connectivity index (χ4n) is 1.84. The molecular weight excluding hydrogens is 278 g/mol. The topological polar surface area (TPSA) is 62.7 Å². The largest absolute Gasteiger partial charge is 0.496 e. The zero-order chi connectivity index (χ0) is 15.8. The normalized spacial score (nSPS) is 10.5. The number of para-hydroxylation sites is 1. The van der Waals surface area contributed by atoms with Crippen LogP contribution in [0.3, 0.4) is 0 Å². The highest BCUT2D eigenvalue weighted by molar-refractivity contribution is 5.86. The maximum Gasteiger partial charge on any atom is 0.259 e. The molecule has 0 saturated carbocycles. The van der Waals surface area contributed by atoms with Crippen LogP contribution in [0.4, 0.5) is 5.69 Å². The van der Waals surface area contributed by atoms with Crippen molar-refractivity contribution in [3.05, 3.63) is 59.7 Å². The van der Waals surface area contributed by atoms with E-state index in [-0.39, 0.29) is 12.5 Å². The van der Waals surface area contributed by atoms with Gasteiger partial charge in [-0.1, -0.05) is 29.8 Å². The van der Waals surface area contributed by atoms with E-state index in [9.17, 15) is 4.79 Å². The van der Waals surface area contributed by atoms with E-state index in [1.165, 1.54) is 5.56 Å². The average molecular weight is 297 g/mol. The van der Waals surface area contributed by atoms with Crippen LogP contribution in [0.5, 0.6) is 5.75 Å². The van der Waals surface area contributed by atoms with Crippen molar-refractivity contribution in [3.63, 3.8) is 0 Å². The second kappa shape index (κ2) is 7.83. The third kappa shape index (κ3) is 4.63. The van der Waals surface area contributed by atoms with Crippen LogP contribution in [0.15, 0.2) is 53.6 Å². The Morgan fingerprint density at radius 3 is 2.64 bits per heavy atom. The summed E-state index contributed by atoms with van der Waals surface area (Å²) < 4.78 is 5.20. The fourth-order valence-corrected chi connectivity index (χ4v) is 1.84. The standard InChI is InChI=1S/C17H19N3O2/c1-13-7-9-15(10-8-13)18-12-17(21)20-19-11-14-5-3-4-6-16(14)22-2/h3-11,18H,12H2,1-2H3,(H,20,21). The Hall–Kier alpha value is -2.82. The van der Waals surface area contributed by atoms with Crippen LogP contribution < -0.4 is 15.5 Å². The van der Waals surface area contributed by atoms with Gasteiger partial charge < -0.3 is 10.1 Å². The molecule has 0 radical (unpaired) electrons. The molecule has 22 heavy (non-hydrogen) atoms. The van der Waals surface area contributed by atoms with Gasteiger partial charge in [0.05, 0.1) is 19.9 Å². The number of hydrogen-bond donors (Lipinski definition) is 2. The van der Waals surface area contributed by atoms with Crippen LogP contribution in [0.2, 0.25) is 0 Å². The molecular formula is C17H19N3O2. The summed E-state index contributed by atoms with van der Waals surface area (Å²) in [6.07, 6.45) is 1.56. The first-order valence-electron chi connectivity index (χ1n) is 6.94. The van der Waals surface area contributed by atoms with Crippen LogP contribution >= 0.6 is 0 Å². The van der Waals surface area contributed by atoms with E-state index in [1.807, 2.05) is 55.5 Å². The summed E-state index contributed by atoms with van der Waals surface area (Å²) in [5.41, 5.74) is 5.35. The smallest absolute Gasteiger partial charge is 0.259 e. The van der Waals surface area contributed by atoms with Gasteiger partial charge in [-0.25, -0.2) is 5.43 Å². The van der Waals surface area contributed by atoms with Gasteiger partial charge in [0, 0.05) is 11.3 Å². The zero-order valence-electron chi connectivity index (χ0n) is 12.7. The SMILES string of the molecule is COc1ccccc1C=NNC(=O)CNc1ccc(C)cc1. The number of hydrogen-bond acceptors (Lipinski definition) is 4. The van der Waals surface area contributed by atoms with E-state index >= 15 is 0 Å². The van der Waals surface area contributed by atoms with Gasteiger partial charge in [0.15, 0.2) is 0 Å². The maximum absolute atomic E-state index is 11.7. The van der Waals surface area contributed by atoms with Crippen molar-refractivity contribution >= 4 is 17.8 Å². The summed E-state index contributed by atoms with van der Waals surface area (Å²) >= 11 is 0. The number of benzene rings is 2. The molecule has 0 atom stereocenters. The molecule has 0 bridgehead atoms. The summed E-state index contributed by atoms with van der Waals surface area (Å²) in [7, 11) is 1.59. The maximum atomic E-state index is 11.7. The number of aryl methyl sites for hydroxylation is 1. The number of hydrazone groups is 1. The molecule has 2 rings (SSSR count). The Labute approximate surface area is 130 Å². The molecule has 114 valence electrons. The lowest BCUT2D eigenvalue weighted by Crippen LogP contribution is -2.25. The third-order valence-electron chi connectivity index (χ3n) is 3.04. The highest BCUT2D eigenvalue weighted by atomic mass is 16.5. The third-order valence-corrected chi connectivity index (χ3v) is 3.04. The molecule has 5 heteroatoms. The summed E-state index contributed by atoms with van der Waals surface area (Å²) in [5, 5.41) is 6.96. The Kier molecular flexibility index (Phi) is 5.54. The van der Waals surface area contributed by atoms with Crippen molar-refractivity contribution in [1.29, 1.82) is 0 Å². The Balaban J connectivity index is 1.82. The van der Waals surface area contributed by atoms with Crippen molar-refractivity contribution in [3.8, 4) is 5.75 Å². The number of carbonyl (C=O) groups is 1. The molecule has 5 nitrogen and oxygen atoms in total. The van der Waals surface area contributed by atoms with Gasteiger partial charge in [-0.2, -0.15) is 5.10 Å². The number of nitrogens with zero attached hydrogens (tertiary/aromatic N) is 1. The van der Waals surface area contributed by atoms with E-state index in [2.05, 4.69) is 15.8 Å². The van der Waals surface area contributed by atoms with Crippen molar-refractivity contribution in [2.45, 2.75) is 6.92 Å². The number of methoxy groups -OCH3 is 1. The van der Waals surface area contributed by atoms with Gasteiger partial charge >= 0.3 is 0 Å². The van der Waals surface area contributed by atoms with Gasteiger partial charge in [-0.05, 0) is 31.2 Å². The molecule has 0 aliphatic heterocycles. The first-order valence-corrected chi connectivity index (χ1v) is 6.94. The highest BCUT2D eigenvalue weighted by Crippen LogP contribution is 2.14. The number of amides is 1. The van der Waals surface area contributed by atoms with Crippen LogP contribution in [0.25, 0.3) is 0 Å². The van der Waals surface area contributed by atoms with Crippen LogP contribution in [0.1, 0.15) is 11.1 Å². The van der Waals surface area contributed by atoms with Crippen LogP contribution in [-0.4, -0.2) is 25.8 Å². The highest BCUT2D eigenvalue weighted by Gasteiger charge is 2.00. The molecule has 0 fully saturated rings. The quantitative estimate of drug-likeness (QED) is 0.636. The number of rotatable bonds is 6. The summed E-state index contributed by atoms with van der Waals surface area (Å²) in [6, 6.07) is 15.3. The lowest BCUT2D eigenvalue weighted by atomic mass is 10.2. The van der Waals surface area contributed by atoms with E-state index in [1.54, 1.807) is 13.3 Å². The molecule has 0 unspecified atom stereocenters. The molecule has 2 aromatic carbocycles. The monoisotopic (exact) mass is 297 g/mol. The second-order valence-corrected chi connectivity index (χ2v) is 4.75. The van der Waals surface area contributed by atoms with Gasteiger partial charge in [-0.3, -0.25) is 4.79 Å². The Morgan fingerprint density at radius 2 is 1.91 bits per heavy atom. The van der Waals surface area contributed by atoms with Crippen LogP contribution in [-0.2, 0) is 4.79 Å². The molecule has 0 aromatic heterocycles. The predicted molar refractivity (Wildman–Crippen MR) is 88.4 cm³/mol. The summed E-state index contributed by atoms with van der Waals surface area (Å²) in [5.74, 6) is 0.491. The Bertz CT molecular complexity index is 651. The van der Waals surface area contributed by atoms with Crippen LogP contribution in [0, 0.1) is 6.92 Å². The number of carbonyl (C=O) groups excluding carboxylic acids is 1. The predicted octanol–water partition coefficient (Wildman–Crippen LogP) is 2.57. The molecule has 0 saturated heterocycles. The number of ether oxygens (including phenoxy) is 1. The minimum atomic E-state index is -0.216. The summed E-state index contributed by atoms with van der Waals surface area (Å²) in [6.45, 7) is 2.18. The van der Waals surface area contributed by atoms with Crippen molar-refractivity contribution in [1.82, 2.24) is 5.43 Å². The molecule has 0 spiro atoms. The van der Waals surface area contributed by atoms with Gasteiger partial charge in [0.1, 0.15) is 5.75 Å². The minimum absolute atomic E-state index is 0.159. The van der Waals surface area contributed by atoms with Crippen molar-refractivity contribution < 1.29 is 9.53 Å². The van der Waals surface area contributed by atoms with Gasteiger partial charge in [-0.15, -0.1) is 0 Å². The summed E-state index contributed by atoms with van der Waals surface area (Å²) in [4.78, 5) is 11.7. The van der Waals surface area contributed by atoms with E-state index in [4.69, 9.17) is 4.74 Å². The lowest BCUT2D eigenvalue weighted by molar-refractivity contribution is -0.119. The minimum Gasteiger partial charge on any atom is -0.496 e. The second-order valence-electron chi connectivity index (χ2n) is 4.75. The van der Waals surface area contributed by atoms with Gasteiger partial charge in [0.2, 0.25) is 0 Å². The number of nitrogens with one attached hydrogen (secondary N) is 2.